The number of benzene rings is 1. The first kappa shape index (κ1) is 15.1. The Kier molecular flexibility index (Phi) is 4.02. The van der Waals surface area contributed by atoms with Gasteiger partial charge in [0.05, 0.1) is 17.8 Å². The van der Waals surface area contributed by atoms with E-state index in [2.05, 4.69) is 5.16 Å². The number of hydrogen-bond donors (Lipinski definition) is 1. The molecule has 0 saturated heterocycles. The van der Waals surface area contributed by atoms with Crippen molar-refractivity contribution in [2.45, 2.75) is 34.2 Å². The van der Waals surface area contributed by atoms with Crippen LogP contribution >= 0.6 is 0 Å². The second-order valence-corrected chi connectivity index (χ2v) is 5.37. The number of nitrogens with zero attached hydrogens (tertiary/aromatic N) is 2. The molecule has 0 aliphatic rings. The van der Waals surface area contributed by atoms with Gasteiger partial charge in [0, 0.05) is 12.6 Å². The number of carbonyl (C=O) groups is 1. The lowest BCUT2D eigenvalue weighted by Gasteiger charge is -2.18. The number of rotatable bonds is 3. The lowest BCUT2D eigenvalue weighted by Crippen LogP contribution is -2.26. The van der Waals surface area contributed by atoms with E-state index >= 15 is 0 Å². The fourth-order valence-electron chi connectivity index (χ4n) is 2.22. The molecule has 0 spiro atoms. The van der Waals surface area contributed by atoms with Crippen molar-refractivity contribution in [3.63, 3.8) is 0 Å². The third kappa shape index (κ3) is 2.77. The molecule has 0 bridgehead atoms. The van der Waals surface area contributed by atoms with E-state index in [0.717, 1.165) is 22.4 Å². The number of phenols is 1. The van der Waals surface area contributed by atoms with E-state index < -0.39 is 0 Å². The zero-order chi connectivity index (χ0) is 15.7. The average Bonchev–Trinajstić information content (AvgIpc) is 2.76. The van der Waals surface area contributed by atoms with Gasteiger partial charge in [-0.25, -0.2) is 0 Å². The number of aromatic nitrogens is 1. The van der Waals surface area contributed by atoms with E-state index in [9.17, 15) is 9.90 Å². The van der Waals surface area contributed by atoms with Crippen molar-refractivity contribution >= 4 is 5.91 Å². The number of carbonyl (C=O) groups excluding carboxylic acids is 1. The predicted molar refractivity (Wildman–Crippen MR) is 79.4 cm³/mol. The van der Waals surface area contributed by atoms with Crippen molar-refractivity contribution in [2.75, 3.05) is 7.05 Å². The molecule has 2 aromatic rings. The zero-order valence-corrected chi connectivity index (χ0v) is 13.0. The van der Waals surface area contributed by atoms with Crippen molar-refractivity contribution in [3.05, 3.63) is 45.8 Å². The van der Waals surface area contributed by atoms with Crippen LogP contribution in [0.25, 0.3) is 0 Å². The number of amides is 1. The van der Waals surface area contributed by atoms with Gasteiger partial charge in [-0.15, -0.1) is 0 Å². The fourth-order valence-corrected chi connectivity index (χ4v) is 2.22. The maximum Gasteiger partial charge on any atom is 0.257 e. The van der Waals surface area contributed by atoms with E-state index in [1.165, 1.54) is 0 Å². The van der Waals surface area contributed by atoms with Gasteiger partial charge in [-0.1, -0.05) is 11.2 Å². The highest BCUT2D eigenvalue weighted by molar-refractivity contribution is 5.97. The first-order valence-electron chi connectivity index (χ1n) is 6.79. The highest BCUT2D eigenvalue weighted by Gasteiger charge is 2.20. The molecule has 2 rings (SSSR count). The lowest BCUT2D eigenvalue weighted by molar-refractivity contribution is 0.0781. The van der Waals surface area contributed by atoms with Crippen LogP contribution < -0.4 is 0 Å². The summed E-state index contributed by atoms with van der Waals surface area (Å²) in [5.41, 5.74) is 3.67. The van der Waals surface area contributed by atoms with Gasteiger partial charge < -0.3 is 14.5 Å². The molecule has 1 N–H and O–H groups in total. The highest BCUT2D eigenvalue weighted by Crippen LogP contribution is 2.26. The van der Waals surface area contributed by atoms with Crippen molar-refractivity contribution in [1.29, 1.82) is 0 Å². The molecule has 0 saturated carbocycles. The van der Waals surface area contributed by atoms with Gasteiger partial charge in [0.25, 0.3) is 5.91 Å². The summed E-state index contributed by atoms with van der Waals surface area (Å²) in [5, 5.41) is 14.0. The van der Waals surface area contributed by atoms with Crippen molar-refractivity contribution in [3.8, 4) is 5.75 Å². The molecule has 5 nitrogen and oxygen atoms in total. The molecule has 1 aromatic carbocycles. The third-order valence-corrected chi connectivity index (χ3v) is 3.86. The smallest absolute Gasteiger partial charge is 0.257 e. The van der Waals surface area contributed by atoms with Crippen LogP contribution in [-0.2, 0) is 6.54 Å². The van der Waals surface area contributed by atoms with Crippen molar-refractivity contribution < 1.29 is 14.4 Å². The number of phenolic OH excluding ortho intramolecular Hbond substituents is 1. The van der Waals surface area contributed by atoms with Crippen LogP contribution in [0.1, 0.15) is 38.5 Å². The van der Waals surface area contributed by atoms with Gasteiger partial charge in [-0.3, -0.25) is 4.79 Å². The second kappa shape index (κ2) is 5.60. The number of hydrogen-bond acceptors (Lipinski definition) is 4. The minimum atomic E-state index is -0.226. The molecular formula is C16H20N2O3. The summed E-state index contributed by atoms with van der Waals surface area (Å²) >= 11 is 0. The van der Waals surface area contributed by atoms with E-state index in [0.29, 0.717) is 17.9 Å². The Morgan fingerprint density at radius 2 is 1.95 bits per heavy atom. The third-order valence-electron chi connectivity index (χ3n) is 3.86. The number of aryl methyl sites for hydroxylation is 3. The summed E-state index contributed by atoms with van der Waals surface area (Å²) in [6.07, 6.45) is 0. The van der Waals surface area contributed by atoms with E-state index in [4.69, 9.17) is 4.52 Å². The maximum absolute atomic E-state index is 12.5. The topological polar surface area (TPSA) is 66.6 Å². The Morgan fingerprint density at radius 3 is 2.52 bits per heavy atom. The molecule has 0 atom stereocenters. The minimum Gasteiger partial charge on any atom is -0.507 e. The Bertz CT molecular complexity index is 670. The fraction of sp³-hybridized carbons (Fsp3) is 0.375. The van der Waals surface area contributed by atoms with E-state index in [1.54, 1.807) is 24.9 Å². The van der Waals surface area contributed by atoms with Crippen LogP contribution in [0.2, 0.25) is 0 Å². The van der Waals surface area contributed by atoms with Crippen molar-refractivity contribution in [2.24, 2.45) is 0 Å². The summed E-state index contributed by atoms with van der Waals surface area (Å²) in [4.78, 5) is 14.0. The van der Waals surface area contributed by atoms with Crippen LogP contribution in [0, 0.1) is 27.7 Å². The van der Waals surface area contributed by atoms with Gasteiger partial charge in [-0.2, -0.15) is 0 Å². The quantitative estimate of drug-likeness (QED) is 0.943. The Hall–Kier alpha value is -2.30. The molecule has 1 heterocycles. The van der Waals surface area contributed by atoms with Gasteiger partial charge in [0.2, 0.25) is 0 Å². The molecule has 0 aliphatic carbocycles. The Balaban J connectivity index is 2.26. The monoisotopic (exact) mass is 288 g/mol. The van der Waals surface area contributed by atoms with E-state index in [1.807, 2.05) is 26.8 Å². The molecule has 0 fully saturated rings. The first-order valence-corrected chi connectivity index (χ1v) is 6.79. The molecule has 1 amide bonds. The molecule has 21 heavy (non-hydrogen) atoms. The Morgan fingerprint density at radius 1 is 1.29 bits per heavy atom. The van der Waals surface area contributed by atoms with Gasteiger partial charge in [-0.05, 0) is 44.9 Å². The molecule has 0 aliphatic heterocycles. The summed E-state index contributed by atoms with van der Waals surface area (Å²) in [5.74, 6) is 0.526. The zero-order valence-electron chi connectivity index (χ0n) is 13.0. The summed E-state index contributed by atoms with van der Waals surface area (Å²) in [7, 11) is 1.70. The molecule has 0 radical (unpaired) electrons. The van der Waals surface area contributed by atoms with E-state index in [-0.39, 0.29) is 11.7 Å². The lowest BCUT2D eigenvalue weighted by atomic mass is 10.0. The largest absolute Gasteiger partial charge is 0.507 e. The predicted octanol–water partition coefficient (Wildman–Crippen LogP) is 2.89. The minimum absolute atomic E-state index is 0.0469. The van der Waals surface area contributed by atoms with Gasteiger partial charge >= 0.3 is 0 Å². The normalized spacial score (nSPS) is 10.7. The molecule has 1 aromatic heterocycles. The average molecular weight is 288 g/mol. The number of aromatic hydroxyl groups is 1. The first-order chi connectivity index (χ1) is 9.82. The van der Waals surface area contributed by atoms with Gasteiger partial charge in [0.1, 0.15) is 11.5 Å². The highest BCUT2D eigenvalue weighted by atomic mass is 16.5. The van der Waals surface area contributed by atoms with Gasteiger partial charge in [0.15, 0.2) is 0 Å². The van der Waals surface area contributed by atoms with Crippen LogP contribution in [0.5, 0.6) is 5.75 Å². The molecular weight excluding hydrogens is 268 g/mol. The van der Waals surface area contributed by atoms with Crippen LogP contribution in [0.15, 0.2) is 16.7 Å². The standard InChI is InChI=1S/C16H20N2O3/c1-9-6-7-13(15(19)10(9)2)16(20)18(5)8-14-11(3)17-21-12(14)4/h6-7,19H,8H2,1-5H3. The molecule has 0 unspecified atom stereocenters. The van der Waals surface area contributed by atoms with Crippen LogP contribution in [0.3, 0.4) is 0 Å². The SMILES string of the molecule is Cc1ccc(C(=O)N(C)Cc2c(C)noc2C)c(O)c1C. The van der Waals surface area contributed by atoms with Crippen LogP contribution in [-0.4, -0.2) is 28.1 Å². The molecule has 112 valence electrons. The summed E-state index contributed by atoms with van der Waals surface area (Å²) in [6, 6.07) is 3.50. The molecule has 5 heteroatoms. The second-order valence-electron chi connectivity index (χ2n) is 5.37. The van der Waals surface area contributed by atoms with Crippen LogP contribution in [0.4, 0.5) is 0 Å². The summed E-state index contributed by atoms with van der Waals surface area (Å²) < 4.78 is 5.10. The Labute approximate surface area is 124 Å². The maximum atomic E-state index is 12.5. The van der Waals surface area contributed by atoms with Crippen molar-refractivity contribution in [1.82, 2.24) is 10.1 Å². The summed E-state index contributed by atoms with van der Waals surface area (Å²) in [6.45, 7) is 7.76.